The van der Waals surface area contributed by atoms with Gasteiger partial charge in [-0.15, -0.1) is 0 Å². The van der Waals surface area contributed by atoms with Gasteiger partial charge in [-0.3, -0.25) is 9.59 Å². The molecule has 1 heterocycles. The smallest absolute Gasteiger partial charge is 0.334 e. The summed E-state index contributed by atoms with van der Waals surface area (Å²) in [6.07, 6.45) is 1.23. The lowest BCUT2D eigenvalue weighted by Gasteiger charge is -2.28. The van der Waals surface area contributed by atoms with Crippen molar-refractivity contribution in [1.29, 1.82) is 0 Å². The van der Waals surface area contributed by atoms with Crippen LogP contribution in [0.4, 0.5) is 18.9 Å². The van der Waals surface area contributed by atoms with Gasteiger partial charge in [0.2, 0.25) is 5.91 Å². The molecule has 1 aliphatic heterocycles. The second kappa shape index (κ2) is 10.7. The van der Waals surface area contributed by atoms with E-state index in [1.807, 2.05) is 24.3 Å². The van der Waals surface area contributed by atoms with Crippen LogP contribution < -0.4 is 4.90 Å². The molecular weight excluding hydrogens is 417 g/mol. The van der Waals surface area contributed by atoms with Crippen molar-refractivity contribution in [2.24, 2.45) is 0 Å². The van der Waals surface area contributed by atoms with Crippen molar-refractivity contribution in [2.45, 2.75) is 58.2 Å². The summed E-state index contributed by atoms with van der Waals surface area (Å²) in [7, 11) is 0. The summed E-state index contributed by atoms with van der Waals surface area (Å²) in [5.74, 6) is -0.502. The number of benzene rings is 2. The van der Waals surface area contributed by atoms with Crippen molar-refractivity contribution in [3.63, 3.8) is 0 Å². The number of carbonyl (C=O) groups is 2. The topological polar surface area (TPSA) is 40.6 Å². The summed E-state index contributed by atoms with van der Waals surface area (Å²) >= 11 is 0. The number of nitrogens with zero attached hydrogens (tertiary/aromatic N) is 2. The summed E-state index contributed by atoms with van der Waals surface area (Å²) in [6.45, 7) is 2.81. The lowest BCUT2D eigenvalue weighted by Crippen LogP contribution is -2.34. The summed E-state index contributed by atoms with van der Waals surface area (Å²) in [6, 6.07) is 12.0. The number of rotatable bonds is 1. The second-order valence-electron chi connectivity index (χ2n) is 8.23. The molecule has 2 aromatic rings. The number of carbonyl (C=O) groups excluding carboxylic acids is 2. The number of hydrogen-bond donors (Lipinski definition) is 0. The Bertz CT molecular complexity index is 943. The zero-order valence-electron chi connectivity index (χ0n) is 18.3. The van der Waals surface area contributed by atoms with E-state index in [0.717, 1.165) is 61.9 Å². The number of alkyl halides is 3. The molecule has 172 valence electrons. The quantitative estimate of drug-likeness (QED) is 0.535. The minimum Gasteiger partial charge on any atom is -0.334 e. The Hall–Kier alpha value is -2.83. The first kappa shape index (κ1) is 23.8. The van der Waals surface area contributed by atoms with E-state index in [1.165, 1.54) is 19.1 Å². The molecule has 7 heteroatoms. The zero-order chi connectivity index (χ0) is 23.1. The van der Waals surface area contributed by atoms with Gasteiger partial charge >= 0.3 is 6.18 Å². The molecule has 0 saturated carbocycles. The molecule has 1 aliphatic rings. The molecule has 2 amide bonds. The van der Waals surface area contributed by atoms with Crippen LogP contribution in [0.5, 0.6) is 0 Å². The van der Waals surface area contributed by atoms with Crippen LogP contribution in [0.25, 0.3) is 0 Å². The highest BCUT2D eigenvalue weighted by atomic mass is 19.4. The van der Waals surface area contributed by atoms with Crippen LogP contribution in [-0.4, -0.2) is 29.8 Å². The van der Waals surface area contributed by atoms with E-state index in [0.29, 0.717) is 13.1 Å². The lowest BCUT2D eigenvalue weighted by molar-refractivity contribution is -0.137. The van der Waals surface area contributed by atoms with Gasteiger partial charge in [-0.25, -0.2) is 0 Å². The number of amides is 2. The fraction of sp³-hybridized carbons (Fsp3) is 0.440. The molecule has 0 saturated heterocycles. The first-order valence-corrected chi connectivity index (χ1v) is 11.1. The van der Waals surface area contributed by atoms with Gasteiger partial charge < -0.3 is 9.80 Å². The van der Waals surface area contributed by atoms with Crippen molar-refractivity contribution >= 4 is 17.5 Å². The van der Waals surface area contributed by atoms with Gasteiger partial charge in [0.15, 0.2) is 0 Å². The van der Waals surface area contributed by atoms with Crippen LogP contribution in [0.15, 0.2) is 48.5 Å². The Labute approximate surface area is 187 Å². The Kier molecular flexibility index (Phi) is 7.94. The predicted octanol–water partition coefficient (Wildman–Crippen LogP) is 6.05. The molecule has 32 heavy (non-hydrogen) atoms. The van der Waals surface area contributed by atoms with Gasteiger partial charge in [0.25, 0.3) is 5.91 Å². The molecule has 0 aliphatic carbocycles. The fourth-order valence-electron chi connectivity index (χ4n) is 4.10. The van der Waals surface area contributed by atoms with Gasteiger partial charge in [-0.05, 0) is 42.7 Å². The maximum atomic E-state index is 13.3. The van der Waals surface area contributed by atoms with Crippen LogP contribution in [0.1, 0.15) is 66.9 Å². The van der Waals surface area contributed by atoms with Gasteiger partial charge in [-0.1, -0.05) is 49.9 Å². The summed E-state index contributed by atoms with van der Waals surface area (Å²) in [4.78, 5) is 29.0. The summed E-state index contributed by atoms with van der Waals surface area (Å²) in [5.41, 5.74) is 0.741. The van der Waals surface area contributed by atoms with E-state index in [4.69, 9.17) is 0 Å². The van der Waals surface area contributed by atoms with E-state index in [9.17, 15) is 22.8 Å². The van der Waals surface area contributed by atoms with Crippen LogP contribution in [-0.2, 0) is 17.5 Å². The van der Waals surface area contributed by atoms with E-state index < -0.39 is 17.6 Å². The van der Waals surface area contributed by atoms with Crippen molar-refractivity contribution in [2.75, 3.05) is 18.0 Å². The summed E-state index contributed by atoms with van der Waals surface area (Å²) < 4.78 is 39.5. The highest BCUT2D eigenvalue weighted by Gasteiger charge is 2.31. The number of fused-ring (bicyclic) bond motifs is 1. The largest absolute Gasteiger partial charge is 0.416 e. The minimum atomic E-state index is -4.51. The SMILES string of the molecule is CC(=O)N1CCCCCCCCN(C(=O)c2cccc(C(F)(F)F)c2)Cc2ccccc21. The number of anilines is 1. The fourth-order valence-corrected chi connectivity index (χ4v) is 4.10. The van der Waals surface area contributed by atoms with Gasteiger partial charge in [0.1, 0.15) is 0 Å². The van der Waals surface area contributed by atoms with E-state index in [1.54, 1.807) is 9.80 Å². The number of para-hydroxylation sites is 1. The molecular formula is C25H29F3N2O2. The van der Waals surface area contributed by atoms with Crippen LogP contribution >= 0.6 is 0 Å². The van der Waals surface area contributed by atoms with Crippen molar-refractivity contribution in [3.05, 3.63) is 65.2 Å². The average molecular weight is 447 g/mol. The van der Waals surface area contributed by atoms with Crippen molar-refractivity contribution in [1.82, 2.24) is 4.90 Å². The number of hydrogen-bond acceptors (Lipinski definition) is 2. The highest BCUT2D eigenvalue weighted by Crippen LogP contribution is 2.30. The first-order chi connectivity index (χ1) is 15.3. The van der Waals surface area contributed by atoms with Crippen molar-refractivity contribution in [3.8, 4) is 0 Å². The molecule has 0 spiro atoms. The maximum Gasteiger partial charge on any atom is 0.416 e. The predicted molar refractivity (Wildman–Crippen MR) is 118 cm³/mol. The molecule has 0 radical (unpaired) electrons. The van der Waals surface area contributed by atoms with E-state index in [-0.39, 0.29) is 18.0 Å². The molecule has 0 N–H and O–H groups in total. The second-order valence-corrected chi connectivity index (χ2v) is 8.23. The molecule has 0 aromatic heterocycles. The maximum absolute atomic E-state index is 13.3. The highest BCUT2D eigenvalue weighted by molar-refractivity contribution is 5.95. The normalized spacial score (nSPS) is 16.4. The number of halogens is 3. The van der Waals surface area contributed by atoms with E-state index in [2.05, 4.69) is 0 Å². The van der Waals surface area contributed by atoms with Gasteiger partial charge in [0, 0.05) is 37.8 Å². The molecule has 0 unspecified atom stereocenters. The van der Waals surface area contributed by atoms with Crippen LogP contribution in [0, 0.1) is 0 Å². The third-order valence-corrected chi connectivity index (χ3v) is 5.81. The van der Waals surface area contributed by atoms with Gasteiger partial charge in [0.05, 0.1) is 5.56 Å². The molecule has 0 fully saturated rings. The molecule has 4 nitrogen and oxygen atoms in total. The minimum absolute atomic E-state index is 0.0186. The molecule has 3 rings (SSSR count). The average Bonchev–Trinajstić information content (AvgIpc) is 2.78. The first-order valence-electron chi connectivity index (χ1n) is 11.1. The lowest BCUT2D eigenvalue weighted by atomic mass is 10.1. The third-order valence-electron chi connectivity index (χ3n) is 5.81. The Morgan fingerprint density at radius 1 is 0.844 bits per heavy atom. The Morgan fingerprint density at radius 2 is 1.50 bits per heavy atom. The zero-order valence-corrected chi connectivity index (χ0v) is 18.3. The van der Waals surface area contributed by atoms with Crippen LogP contribution in [0.3, 0.4) is 0 Å². The monoisotopic (exact) mass is 446 g/mol. The standard InChI is InChI=1S/C25H29F3N2O2/c1-19(31)30-16-9-5-3-2-4-8-15-29(18-21-11-6-7-14-23(21)30)24(32)20-12-10-13-22(17-20)25(26,27)28/h6-7,10-14,17H,2-5,8-9,15-16,18H2,1H3. The summed E-state index contributed by atoms with van der Waals surface area (Å²) in [5, 5.41) is 0. The van der Waals surface area contributed by atoms with Crippen LogP contribution in [0.2, 0.25) is 0 Å². The third kappa shape index (κ3) is 6.11. The molecule has 0 bridgehead atoms. The van der Waals surface area contributed by atoms with Gasteiger partial charge in [-0.2, -0.15) is 13.2 Å². The van der Waals surface area contributed by atoms with E-state index >= 15 is 0 Å². The molecule has 0 atom stereocenters. The Balaban J connectivity index is 1.95. The Morgan fingerprint density at radius 3 is 2.19 bits per heavy atom. The van der Waals surface area contributed by atoms with Crippen molar-refractivity contribution < 1.29 is 22.8 Å². The molecule has 2 aromatic carbocycles.